The van der Waals surface area contributed by atoms with Crippen molar-refractivity contribution in [3.63, 3.8) is 0 Å². The molecular weight excluding hydrogens is 242 g/mol. The molecule has 0 amide bonds. The van der Waals surface area contributed by atoms with Crippen LogP contribution in [0.4, 0.5) is 14.6 Å². The van der Waals surface area contributed by atoms with Crippen LogP contribution >= 0.6 is 11.6 Å². The predicted molar refractivity (Wildman–Crippen MR) is 54.6 cm³/mol. The summed E-state index contributed by atoms with van der Waals surface area (Å²) in [5.41, 5.74) is 4.19. The third-order valence-corrected chi connectivity index (χ3v) is 2.04. The molecule has 0 aromatic carbocycles. The van der Waals surface area contributed by atoms with Crippen LogP contribution in [-0.4, -0.2) is 17.6 Å². The molecule has 0 saturated heterocycles. The lowest BCUT2D eigenvalue weighted by atomic mass is 10.2. The van der Waals surface area contributed by atoms with Crippen LogP contribution in [0.5, 0.6) is 0 Å². The highest BCUT2D eigenvalue weighted by molar-refractivity contribution is 6.33. The molecule has 88 valence electrons. The number of nitrogens with zero attached hydrogens (tertiary/aromatic N) is 1. The Bertz CT molecular complexity index is 413. The van der Waals surface area contributed by atoms with Gasteiger partial charge in [-0.15, -0.1) is 0 Å². The van der Waals surface area contributed by atoms with Gasteiger partial charge in [0.05, 0.1) is 17.2 Å². The van der Waals surface area contributed by atoms with E-state index in [0.717, 1.165) is 6.07 Å². The number of carbonyl (C=O) groups excluding carboxylic acids is 1. The number of esters is 1. The Hall–Kier alpha value is -1.43. The number of nitrogens with two attached hydrogens (primary N) is 1. The number of anilines is 1. The van der Waals surface area contributed by atoms with Crippen molar-refractivity contribution in [3.8, 4) is 0 Å². The monoisotopic (exact) mass is 250 g/mol. The van der Waals surface area contributed by atoms with Gasteiger partial charge in [0, 0.05) is 0 Å². The second kappa shape index (κ2) is 5.07. The van der Waals surface area contributed by atoms with E-state index < -0.39 is 18.1 Å². The summed E-state index contributed by atoms with van der Waals surface area (Å²) in [6.45, 7) is 1.63. The Morgan fingerprint density at radius 1 is 1.69 bits per heavy atom. The van der Waals surface area contributed by atoms with Crippen LogP contribution in [0.25, 0.3) is 0 Å². The van der Waals surface area contributed by atoms with Crippen molar-refractivity contribution in [1.29, 1.82) is 0 Å². The molecule has 0 aliphatic carbocycles. The molecule has 0 fully saturated rings. The van der Waals surface area contributed by atoms with Gasteiger partial charge in [-0.3, -0.25) is 0 Å². The summed E-state index contributed by atoms with van der Waals surface area (Å²) < 4.78 is 29.7. The van der Waals surface area contributed by atoms with Gasteiger partial charge in [0.1, 0.15) is 11.5 Å². The third kappa shape index (κ3) is 2.57. The molecule has 0 spiro atoms. The zero-order valence-corrected chi connectivity index (χ0v) is 9.09. The number of aromatic nitrogens is 1. The topological polar surface area (TPSA) is 65.2 Å². The van der Waals surface area contributed by atoms with Gasteiger partial charge in [-0.05, 0) is 13.0 Å². The minimum Gasteiger partial charge on any atom is -0.462 e. The van der Waals surface area contributed by atoms with Crippen molar-refractivity contribution >= 4 is 23.4 Å². The first-order chi connectivity index (χ1) is 7.47. The number of pyridine rings is 1. The lowest BCUT2D eigenvalue weighted by Crippen LogP contribution is -2.11. The molecule has 0 bridgehead atoms. The standard InChI is InChI=1S/C9H9ClF2N2O2/c1-2-16-9(15)4-3-5(10)8(13)14-6(4)7(11)12/h3,7H,2H2,1H3,(H2,13,14). The van der Waals surface area contributed by atoms with Crippen molar-refractivity contribution < 1.29 is 18.3 Å². The van der Waals surface area contributed by atoms with Crippen molar-refractivity contribution in [2.75, 3.05) is 12.3 Å². The number of alkyl halides is 2. The zero-order chi connectivity index (χ0) is 12.3. The summed E-state index contributed by atoms with van der Waals surface area (Å²) in [5, 5.41) is -0.0625. The van der Waals surface area contributed by atoms with Gasteiger partial charge >= 0.3 is 5.97 Å². The highest BCUT2D eigenvalue weighted by Crippen LogP contribution is 2.27. The number of nitrogen functional groups attached to an aromatic ring is 1. The normalized spacial score (nSPS) is 10.6. The largest absolute Gasteiger partial charge is 0.462 e. The third-order valence-electron chi connectivity index (χ3n) is 1.73. The summed E-state index contributed by atoms with van der Waals surface area (Å²) >= 11 is 5.59. The van der Waals surface area contributed by atoms with Crippen LogP contribution in [0.1, 0.15) is 29.4 Å². The Balaban J connectivity index is 3.24. The van der Waals surface area contributed by atoms with Gasteiger partial charge in [0.25, 0.3) is 6.43 Å². The second-order valence-corrected chi connectivity index (χ2v) is 3.22. The van der Waals surface area contributed by atoms with Gasteiger partial charge in [0.15, 0.2) is 0 Å². The summed E-state index contributed by atoms with van der Waals surface area (Å²) in [6, 6.07) is 1.03. The molecule has 1 aromatic rings. The SMILES string of the molecule is CCOC(=O)c1cc(Cl)c(N)nc1C(F)F. The fourth-order valence-electron chi connectivity index (χ4n) is 1.06. The molecular formula is C9H9ClF2N2O2. The Kier molecular flexibility index (Phi) is 4.00. The number of ether oxygens (including phenoxy) is 1. The molecule has 0 atom stereocenters. The fourth-order valence-corrected chi connectivity index (χ4v) is 1.21. The van der Waals surface area contributed by atoms with Crippen LogP contribution in [0.2, 0.25) is 5.02 Å². The molecule has 0 aliphatic heterocycles. The van der Waals surface area contributed by atoms with E-state index in [4.69, 9.17) is 17.3 Å². The number of carbonyl (C=O) groups is 1. The molecule has 0 saturated carbocycles. The van der Waals surface area contributed by atoms with Crippen molar-refractivity contribution in [3.05, 3.63) is 22.3 Å². The molecule has 1 rings (SSSR count). The summed E-state index contributed by atoms with van der Waals surface area (Å²) in [7, 11) is 0. The maximum atomic E-state index is 12.6. The highest BCUT2D eigenvalue weighted by Gasteiger charge is 2.22. The van der Waals surface area contributed by atoms with Crippen LogP contribution in [-0.2, 0) is 4.74 Å². The Morgan fingerprint density at radius 2 is 2.31 bits per heavy atom. The molecule has 0 aliphatic rings. The summed E-state index contributed by atoms with van der Waals surface area (Å²) in [4.78, 5) is 14.7. The first-order valence-corrected chi connectivity index (χ1v) is 4.76. The van der Waals surface area contributed by atoms with Crippen molar-refractivity contribution in [2.45, 2.75) is 13.3 Å². The average Bonchev–Trinajstić information content (AvgIpc) is 2.21. The van der Waals surface area contributed by atoms with Crippen LogP contribution in [0.15, 0.2) is 6.07 Å². The molecule has 7 heteroatoms. The number of rotatable bonds is 3. The van der Waals surface area contributed by atoms with E-state index in [1.54, 1.807) is 6.92 Å². The molecule has 2 N–H and O–H groups in total. The van der Waals surface area contributed by atoms with Crippen LogP contribution in [0.3, 0.4) is 0 Å². The maximum absolute atomic E-state index is 12.6. The van der Waals surface area contributed by atoms with E-state index in [0.29, 0.717) is 0 Å². The fraction of sp³-hybridized carbons (Fsp3) is 0.333. The highest BCUT2D eigenvalue weighted by atomic mass is 35.5. The van der Waals surface area contributed by atoms with Gasteiger partial charge in [0.2, 0.25) is 0 Å². The van der Waals surface area contributed by atoms with Crippen LogP contribution in [0, 0.1) is 0 Å². The number of hydrogen-bond donors (Lipinski definition) is 1. The minimum atomic E-state index is -2.92. The van der Waals surface area contributed by atoms with Gasteiger partial charge in [-0.25, -0.2) is 18.6 Å². The molecule has 1 aromatic heterocycles. The molecule has 16 heavy (non-hydrogen) atoms. The van der Waals surface area contributed by atoms with E-state index in [1.807, 2.05) is 0 Å². The first kappa shape index (κ1) is 12.6. The molecule has 1 heterocycles. The quantitative estimate of drug-likeness (QED) is 0.837. The van der Waals surface area contributed by atoms with E-state index in [9.17, 15) is 13.6 Å². The average molecular weight is 251 g/mol. The zero-order valence-electron chi connectivity index (χ0n) is 8.34. The van der Waals surface area contributed by atoms with Crippen molar-refractivity contribution in [1.82, 2.24) is 4.98 Å². The predicted octanol–water partition coefficient (Wildman–Crippen LogP) is 2.43. The molecule has 0 unspecified atom stereocenters. The van der Waals surface area contributed by atoms with E-state index in [1.165, 1.54) is 0 Å². The maximum Gasteiger partial charge on any atom is 0.340 e. The van der Waals surface area contributed by atoms with Gasteiger partial charge in [-0.1, -0.05) is 11.6 Å². The number of halogens is 3. The summed E-state index contributed by atoms with van der Waals surface area (Å²) in [6.07, 6.45) is -2.92. The summed E-state index contributed by atoms with van der Waals surface area (Å²) in [5.74, 6) is -1.14. The van der Waals surface area contributed by atoms with E-state index in [-0.39, 0.29) is 23.0 Å². The Morgan fingerprint density at radius 3 is 2.81 bits per heavy atom. The minimum absolute atomic E-state index is 0.0625. The molecule has 4 nitrogen and oxygen atoms in total. The second-order valence-electron chi connectivity index (χ2n) is 2.81. The van der Waals surface area contributed by atoms with E-state index in [2.05, 4.69) is 9.72 Å². The lowest BCUT2D eigenvalue weighted by Gasteiger charge is -2.09. The smallest absolute Gasteiger partial charge is 0.340 e. The van der Waals surface area contributed by atoms with E-state index >= 15 is 0 Å². The number of hydrogen-bond acceptors (Lipinski definition) is 4. The molecule has 0 radical (unpaired) electrons. The van der Waals surface area contributed by atoms with Crippen molar-refractivity contribution in [2.24, 2.45) is 0 Å². The van der Waals surface area contributed by atoms with Gasteiger partial charge < -0.3 is 10.5 Å². The lowest BCUT2D eigenvalue weighted by molar-refractivity contribution is 0.0513. The first-order valence-electron chi connectivity index (χ1n) is 4.38. The van der Waals surface area contributed by atoms with Gasteiger partial charge in [-0.2, -0.15) is 0 Å². The van der Waals surface area contributed by atoms with Crippen LogP contribution < -0.4 is 5.73 Å². The Labute approximate surface area is 95.4 Å².